The first-order chi connectivity index (χ1) is 13.6. The van der Waals surface area contributed by atoms with Gasteiger partial charge in [-0.2, -0.15) is 13.2 Å². The van der Waals surface area contributed by atoms with Gasteiger partial charge in [-0.05, 0) is 65.6 Å². The molecule has 0 aliphatic heterocycles. The summed E-state index contributed by atoms with van der Waals surface area (Å²) < 4.78 is 39.9. The predicted octanol–water partition coefficient (Wildman–Crippen LogP) is 4.60. The van der Waals surface area contributed by atoms with E-state index in [-0.39, 0.29) is 34.8 Å². The number of aromatic hydroxyl groups is 1. The number of aromatic nitrogens is 3. The summed E-state index contributed by atoms with van der Waals surface area (Å²) in [6.07, 6.45) is 5.55. The largest absolute Gasteiger partial charge is 0.493 e. The number of rotatable bonds is 6. The number of benzene rings is 1. The highest BCUT2D eigenvalue weighted by Gasteiger charge is 2.29. The Hall–Kier alpha value is -2.68. The van der Waals surface area contributed by atoms with E-state index >= 15 is 0 Å². The molecule has 1 N–H and O–H groups in total. The van der Waals surface area contributed by atoms with E-state index in [1.165, 1.54) is 35.0 Å². The topological polar surface area (TPSA) is 60.0 Å². The normalized spacial score (nSPS) is 11.9. The van der Waals surface area contributed by atoms with Crippen molar-refractivity contribution in [2.45, 2.75) is 37.2 Å². The number of alkyl halides is 3. The molecular weight excluding hydrogens is 403 g/mol. The molecule has 0 saturated carbocycles. The van der Waals surface area contributed by atoms with E-state index in [0.717, 1.165) is 22.1 Å². The van der Waals surface area contributed by atoms with E-state index in [9.17, 15) is 23.1 Å². The zero-order valence-electron chi connectivity index (χ0n) is 15.8. The third-order valence-electron chi connectivity index (χ3n) is 4.24. The van der Waals surface area contributed by atoms with Crippen molar-refractivity contribution in [3.05, 3.63) is 70.5 Å². The van der Waals surface area contributed by atoms with Crippen molar-refractivity contribution >= 4 is 11.8 Å². The third-order valence-corrected chi connectivity index (χ3v) is 4.98. The lowest BCUT2D eigenvalue weighted by Crippen LogP contribution is -2.24. The molecule has 3 rings (SSSR count). The molecule has 0 unspecified atom stereocenters. The predicted molar refractivity (Wildman–Crippen MR) is 105 cm³/mol. The molecule has 3 aromatic rings. The number of pyridine rings is 1. The number of halogens is 3. The molecule has 0 amide bonds. The molecule has 1 aromatic carbocycles. The number of thioether (sulfide) groups is 1. The lowest BCUT2D eigenvalue weighted by atomic mass is 10.00. The fourth-order valence-corrected chi connectivity index (χ4v) is 3.59. The highest BCUT2D eigenvalue weighted by atomic mass is 32.2. The number of nitrogens with zero attached hydrogens (tertiary/aromatic N) is 3. The summed E-state index contributed by atoms with van der Waals surface area (Å²) in [5, 5.41) is 10.3. The van der Waals surface area contributed by atoms with Gasteiger partial charge in [0.05, 0.1) is 18.4 Å². The molecule has 2 aromatic heterocycles. The second kappa shape index (κ2) is 8.36. The van der Waals surface area contributed by atoms with Crippen LogP contribution < -0.4 is 5.69 Å². The van der Waals surface area contributed by atoms with Crippen molar-refractivity contribution < 1.29 is 18.3 Å². The molecule has 0 aliphatic rings. The summed E-state index contributed by atoms with van der Waals surface area (Å²) >= 11 is -0.235. The van der Waals surface area contributed by atoms with Crippen LogP contribution in [0.2, 0.25) is 0 Å². The minimum absolute atomic E-state index is 0.00309. The number of hydrogen-bond donors (Lipinski definition) is 1. The van der Waals surface area contributed by atoms with Crippen molar-refractivity contribution in [2.75, 3.05) is 0 Å². The summed E-state index contributed by atoms with van der Waals surface area (Å²) in [4.78, 5) is 17.0. The Morgan fingerprint density at radius 1 is 1.14 bits per heavy atom. The fourth-order valence-electron chi connectivity index (χ4n) is 3.05. The third kappa shape index (κ3) is 5.23. The minimum atomic E-state index is -4.39. The van der Waals surface area contributed by atoms with E-state index in [1.807, 2.05) is 6.07 Å². The first-order valence-corrected chi connectivity index (χ1v) is 9.75. The van der Waals surface area contributed by atoms with E-state index in [2.05, 4.69) is 18.8 Å². The van der Waals surface area contributed by atoms with Gasteiger partial charge in [0, 0.05) is 17.3 Å². The highest BCUT2D eigenvalue weighted by molar-refractivity contribution is 8.00. The zero-order valence-corrected chi connectivity index (χ0v) is 16.7. The van der Waals surface area contributed by atoms with E-state index in [4.69, 9.17) is 0 Å². The molecule has 154 valence electrons. The van der Waals surface area contributed by atoms with Crippen molar-refractivity contribution in [1.29, 1.82) is 0 Å². The van der Waals surface area contributed by atoms with Crippen LogP contribution in [0.25, 0.3) is 5.69 Å². The van der Waals surface area contributed by atoms with Crippen LogP contribution in [0, 0.1) is 5.92 Å². The van der Waals surface area contributed by atoms with Gasteiger partial charge in [0.2, 0.25) is 5.88 Å². The van der Waals surface area contributed by atoms with Crippen molar-refractivity contribution in [1.82, 2.24) is 14.1 Å². The standard InChI is InChI=1S/C20H20F3N3O2S/c1-13(2)9-15-10-24-8-7-14(15)11-25-12-18(27)26(19(25)28)16-3-5-17(6-4-16)29-20(21,22)23/h3-8,10,12-13,27H,9,11H2,1-2H3. The zero-order chi connectivity index (χ0) is 21.2. The maximum Gasteiger partial charge on any atom is 0.446 e. The van der Waals surface area contributed by atoms with Crippen molar-refractivity contribution in [3.63, 3.8) is 0 Å². The van der Waals surface area contributed by atoms with Gasteiger partial charge in [-0.3, -0.25) is 9.55 Å². The molecule has 0 saturated heterocycles. The van der Waals surface area contributed by atoms with Crippen molar-refractivity contribution in [3.8, 4) is 11.6 Å². The lowest BCUT2D eigenvalue weighted by Gasteiger charge is -2.11. The Bertz CT molecular complexity index is 1040. The molecule has 29 heavy (non-hydrogen) atoms. The SMILES string of the molecule is CC(C)Cc1cnccc1Cn1cc(O)n(-c2ccc(SC(F)(F)F)cc2)c1=O. The number of imidazole rings is 1. The van der Waals surface area contributed by atoms with Gasteiger partial charge in [-0.1, -0.05) is 13.8 Å². The van der Waals surface area contributed by atoms with Gasteiger partial charge in [-0.15, -0.1) is 0 Å². The van der Waals surface area contributed by atoms with Crippen LogP contribution >= 0.6 is 11.8 Å². The highest BCUT2D eigenvalue weighted by Crippen LogP contribution is 2.37. The van der Waals surface area contributed by atoms with Crippen LogP contribution in [0.4, 0.5) is 13.2 Å². The van der Waals surface area contributed by atoms with Gasteiger partial charge >= 0.3 is 11.2 Å². The monoisotopic (exact) mass is 423 g/mol. The van der Waals surface area contributed by atoms with Gasteiger partial charge < -0.3 is 5.11 Å². The Morgan fingerprint density at radius 3 is 2.45 bits per heavy atom. The van der Waals surface area contributed by atoms with E-state index < -0.39 is 11.2 Å². The molecule has 0 spiro atoms. The smallest absolute Gasteiger partial charge is 0.446 e. The lowest BCUT2D eigenvalue weighted by molar-refractivity contribution is -0.0328. The summed E-state index contributed by atoms with van der Waals surface area (Å²) in [6, 6.07) is 7.11. The van der Waals surface area contributed by atoms with Gasteiger partial charge in [0.25, 0.3) is 0 Å². The average molecular weight is 423 g/mol. The van der Waals surface area contributed by atoms with E-state index in [1.54, 1.807) is 12.4 Å². The van der Waals surface area contributed by atoms with Crippen LogP contribution in [-0.4, -0.2) is 24.7 Å². The Labute approximate surface area is 169 Å². The number of hydrogen-bond acceptors (Lipinski definition) is 4. The fraction of sp³-hybridized carbons (Fsp3) is 0.300. The molecule has 0 aliphatic carbocycles. The minimum Gasteiger partial charge on any atom is -0.493 e. The molecule has 0 fully saturated rings. The van der Waals surface area contributed by atoms with E-state index in [0.29, 0.717) is 5.92 Å². The first kappa shape index (κ1) is 21.0. The van der Waals surface area contributed by atoms with Crippen LogP contribution in [0.15, 0.2) is 58.6 Å². The van der Waals surface area contributed by atoms with Crippen LogP contribution in [0.1, 0.15) is 25.0 Å². The van der Waals surface area contributed by atoms with Gasteiger partial charge in [-0.25, -0.2) is 9.36 Å². The first-order valence-electron chi connectivity index (χ1n) is 8.93. The maximum absolute atomic E-state index is 12.8. The summed E-state index contributed by atoms with van der Waals surface area (Å²) in [6.45, 7) is 4.43. The van der Waals surface area contributed by atoms with Crippen LogP contribution in [0.3, 0.4) is 0 Å². The average Bonchev–Trinajstić information content (AvgIpc) is 2.89. The van der Waals surface area contributed by atoms with Crippen LogP contribution in [0.5, 0.6) is 5.88 Å². The summed E-state index contributed by atoms with van der Waals surface area (Å²) in [7, 11) is 0. The second-order valence-corrected chi connectivity index (χ2v) is 8.16. The van der Waals surface area contributed by atoms with Gasteiger partial charge in [0.15, 0.2) is 0 Å². The molecule has 0 bridgehead atoms. The Balaban J connectivity index is 1.89. The molecular formula is C20H20F3N3O2S. The summed E-state index contributed by atoms with van der Waals surface area (Å²) in [5.74, 6) is 0.131. The molecule has 2 heterocycles. The second-order valence-electron chi connectivity index (χ2n) is 7.02. The Kier molecular flexibility index (Phi) is 6.07. The van der Waals surface area contributed by atoms with Gasteiger partial charge in [0.1, 0.15) is 0 Å². The van der Waals surface area contributed by atoms with Crippen LogP contribution in [-0.2, 0) is 13.0 Å². The molecule has 5 nitrogen and oxygen atoms in total. The molecule has 0 radical (unpaired) electrons. The summed E-state index contributed by atoms with van der Waals surface area (Å²) in [5.41, 5.74) is -2.64. The maximum atomic E-state index is 12.8. The molecule has 0 atom stereocenters. The van der Waals surface area contributed by atoms with Crippen molar-refractivity contribution in [2.24, 2.45) is 5.92 Å². The Morgan fingerprint density at radius 2 is 1.83 bits per heavy atom. The molecule has 9 heteroatoms. The quantitative estimate of drug-likeness (QED) is 0.589.